The molecule has 1 amide bonds. The number of aliphatic carboxylic acids is 1. The van der Waals surface area contributed by atoms with E-state index in [1.54, 1.807) is 30.3 Å². The molecule has 3 rings (SSSR count). The molecule has 0 aromatic heterocycles. The number of hydrogen-bond acceptors (Lipinski definition) is 4. The standard InChI is InChI=1S/C18H15F3N2O4/c19-18(20,21)10-23-16(22-13-7-3-1-5-11(13)17(23)26)12-6-2-4-8-14(12)27-9-15(24)25/h1-8,16,22H,9-10H2,(H,24,25)/t16-/m1/s1. The third-order valence-electron chi connectivity index (χ3n) is 3.94. The number of carboxylic acid groups (broad SMARTS) is 1. The van der Waals surface area contributed by atoms with Gasteiger partial charge in [0.1, 0.15) is 18.5 Å². The molecule has 0 bridgehead atoms. The number of amides is 1. The van der Waals surface area contributed by atoms with Gasteiger partial charge in [-0.25, -0.2) is 4.79 Å². The summed E-state index contributed by atoms with van der Waals surface area (Å²) in [5.74, 6) is -1.92. The minimum atomic E-state index is -4.61. The minimum absolute atomic E-state index is 0.0803. The molecule has 2 aromatic carbocycles. The number of carbonyl (C=O) groups excluding carboxylic acids is 1. The number of ether oxygens (including phenoxy) is 1. The highest BCUT2D eigenvalue weighted by atomic mass is 19.4. The second-order valence-corrected chi connectivity index (χ2v) is 5.86. The predicted octanol–water partition coefficient (Wildman–Crippen LogP) is 3.28. The van der Waals surface area contributed by atoms with E-state index in [0.717, 1.165) is 0 Å². The molecule has 0 aliphatic carbocycles. The van der Waals surface area contributed by atoms with Crippen LogP contribution in [-0.2, 0) is 4.79 Å². The van der Waals surface area contributed by atoms with Crippen LogP contribution in [0.5, 0.6) is 5.75 Å². The summed E-state index contributed by atoms with van der Waals surface area (Å²) in [7, 11) is 0. The van der Waals surface area contributed by atoms with Crippen LogP contribution in [0.15, 0.2) is 48.5 Å². The van der Waals surface area contributed by atoms with Crippen LogP contribution in [0.3, 0.4) is 0 Å². The van der Waals surface area contributed by atoms with Crippen LogP contribution in [-0.4, -0.2) is 41.2 Å². The van der Waals surface area contributed by atoms with Crippen LogP contribution in [0.25, 0.3) is 0 Å². The van der Waals surface area contributed by atoms with Crippen LogP contribution < -0.4 is 10.1 Å². The molecule has 0 saturated carbocycles. The highest BCUT2D eigenvalue weighted by Crippen LogP contribution is 2.38. The van der Waals surface area contributed by atoms with Gasteiger partial charge in [-0.05, 0) is 18.2 Å². The molecule has 2 aromatic rings. The topological polar surface area (TPSA) is 78.9 Å². The summed E-state index contributed by atoms with van der Waals surface area (Å²) in [6.07, 6.45) is -5.78. The number of carbonyl (C=O) groups is 2. The molecule has 142 valence electrons. The first-order valence-electron chi connectivity index (χ1n) is 7.93. The average Bonchev–Trinajstić information content (AvgIpc) is 2.61. The Bertz CT molecular complexity index is 870. The zero-order chi connectivity index (χ0) is 19.6. The highest BCUT2D eigenvalue weighted by Gasteiger charge is 2.41. The molecule has 9 heteroatoms. The van der Waals surface area contributed by atoms with Gasteiger partial charge in [-0.1, -0.05) is 30.3 Å². The maximum atomic E-state index is 13.1. The molecule has 0 radical (unpaired) electrons. The van der Waals surface area contributed by atoms with Crippen molar-refractivity contribution in [2.75, 3.05) is 18.5 Å². The van der Waals surface area contributed by atoms with Gasteiger partial charge >= 0.3 is 12.1 Å². The molecule has 0 saturated heterocycles. The Morgan fingerprint density at radius 1 is 1.15 bits per heavy atom. The maximum absolute atomic E-state index is 13.1. The second-order valence-electron chi connectivity index (χ2n) is 5.86. The van der Waals surface area contributed by atoms with Crippen molar-refractivity contribution in [2.45, 2.75) is 12.3 Å². The van der Waals surface area contributed by atoms with Crippen molar-refractivity contribution in [2.24, 2.45) is 0 Å². The van der Waals surface area contributed by atoms with Gasteiger partial charge in [0.05, 0.1) is 5.56 Å². The predicted molar refractivity (Wildman–Crippen MR) is 89.5 cm³/mol. The number of benzene rings is 2. The van der Waals surface area contributed by atoms with E-state index < -0.39 is 37.4 Å². The number of anilines is 1. The lowest BCUT2D eigenvalue weighted by Crippen LogP contribution is -2.47. The van der Waals surface area contributed by atoms with E-state index in [2.05, 4.69) is 5.32 Å². The molecule has 6 nitrogen and oxygen atoms in total. The van der Waals surface area contributed by atoms with Gasteiger partial charge < -0.3 is 20.1 Å². The molecule has 1 atom stereocenters. The Balaban J connectivity index is 2.04. The van der Waals surface area contributed by atoms with E-state index >= 15 is 0 Å². The first-order chi connectivity index (χ1) is 12.8. The van der Waals surface area contributed by atoms with Gasteiger partial charge in [-0.3, -0.25) is 4.79 Å². The fraction of sp³-hybridized carbons (Fsp3) is 0.222. The number of nitrogens with zero attached hydrogens (tertiary/aromatic N) is 1. The van der Waals surface area contributed by atoms with E-state index in [0.29, 0.717) is 10.6 Å². The van der Waals surface area contributed by atoms with Crippen molar-refractivity contribution in [3.05, 3.63) is 59.7 Å². The van der Waals surface area contributed by atoms with Gasteiger partial charge in [-0.2, -0.15) is 13.2 Å². The summed E-state index contributed by atoms with van der Waals surface area (Å²) >= 11 is 0. The SMILES string of the molecule is O=C(O)COc1ccccc1[C@@H]1Nc2ccccc2C(=O)N1CC(F)(F)F. The van der Waals surface area contributed by atoms with Gasteiger partial charge in [0, 0.05) is 11.3 Å². The Kier molecular flexibility index (Phi) is 4.93. The minimum Gasteiger partial charge on any atom is -0.481 e. The van der Waals surface area contributed by atoms with Crippen molar-refractivity contribution in [3.63, 3.8) is 0 Å². The van der Waals surface area contributed by atoms with Crippen LogP contribution in [0.1, 0.15) is 22.1 Å². The quantitative estimate of drug-likeness (QED) is 0.832. The van der Waals surface area contributed by atoms with Crippen molar-refractivity contribution >= 4 is 17.6 Å². The summed E-state index contributed by atoms with van der Waals surface area (Å²) in [4.78, 5) is 24.1. The van der Waals surface area contributed by atoms with E-state index in [1.807, 2.05) is 0 Å². The molecule has 0 spiro atoms. The third kappa shape index (κ3) is 4.13. The summed E-state index contributed by atoms with van der Waals surface area (Å²) in [5.41, 5.74) is 0.742. The number of nitrogens with one attached hydrogen (secondary N) is 1. The van der Waals surface area contributed by atoms with Crippen molar-refractivity contribution in [3.8, 4) is 5.75 Å². The lowest BCUT2D eigenvalue weighted by Gasteiger charge is -2.38. The molecular weight excluding hydrogens is 365 g/mol. The average molecular weight is 380 g/mol. The largest absolute Gasteiger partial charge is 0.481 e. The normalized spacial score (nSPS) is 16.5. The number of halogens is 3. The first kappa shape index (κ1) is 18.6. The number of carboxylic acids is 1. The number of rotatable bonds is 5. The van der Waals surface area contributed by atoms with Gasteiger partial charge in [0.25, 0.3) is 5.91 Å². The van der Waals surface area contributed by atoms with E-state index in [-0.39, 0.29) is 16.9 Å². The monoisotopic (exact) mass is 380 g/mol. The molecule has 1 aliphatic heterocycles. The highest BCUT2D eigenvalue weighted by molar-refractivity contribution is 6.01. The maximum Gasteiger partial charge on any atom is 0.406 e. The van der Waals surface area contributed by atoms with Gasteiger partial charge in [-0.15, -0.1) is 0 Å². The van der Waals surface area contributed by atoms with E-state index in [4.69, 9.17) is 9.84 Å². The van der Waals surface area contributed by atoms with Crippen LogP contribution in [0.2, 0.25) is 0 Å². The Morgan fingerprint density at radius 3 is 2.52 bits per heavy atom. The molecular formula is C18H15F3N2O4. The lowest BCUT2D eigenvalue weighted by atomic mass is 10.0. The van der Waals surface area contributed by atoms with E-state index in [9.17, 15) is 22.8 Å². The molecule has 1 aliphatic rings. The number of alkyl halides is 3. The van der Waals surface area contributed by atoms with Crippen molar-refractivity contribution in [1.82, 2.24) is 4.90 Å². The molecule has 0 fully saturated rings. The van der Waals surface area contributed by atoms with Crippen LogP contribution >= 0.6 is 0 Å². The van der Waals surface area contributed by atoms with Crippen LogP contribution in [0, 0.1) is 0 Å². The number of hydrogen-bond donors (Lipinski definition) is 2. The Morgan fingerprint density at radius 2 is 1.81 bits per heavy atom. The smallest absolute Gasteiger partial charge is 0.406 e. The number of fused-ring (bicyclic) bond motifs is 1. The summed E-state index contributed by atoms with van der Waals surface area (Å²) in [5, 5.41) is 11.7. The van der Waals surface area contributed by atoms with Gasteiger partial charge in [0.2, 0.25) is 0 Å². The number of para-hydroxylation sites is 2. The molecule has 1 heterocycles. The molecule has 2 N–H and O–H groups in total. The molecule has 27 heavy (non-hydrogen) atoms. The summed E-state index contributed by atoms with van der Waals surface area (Å²) in [6, 6.07) is 12.3. The first-order valence-corrected chi connectivity index (χ1v) is 7.93. The Hall–Kier alpha value is -3.23. The zero-order valence-corrected chi connectivity index (χ0v) is 13.9. The summed E-state index contributed by atoms with van der Waals surface area (Å²) in [6.45, 7) is -2.13. The fourth-order valence-corrected chi connectivity index (χ4v) is 2.87. The molecule has 0 unspecified atom stereocenters. The Labute approximate surface area is 152 Å². The van der Waals surface area contributed by atoms with Crippen molar-refractivity contribution in [1.29, 1.82) is 0 Å². The summed E-state index contributed by atoms with van der Waals surface area (Å²) < 4.78 is 44.5. The third-order valence-corrected chi connectivity index (χ3v) is 3.94. The van der Waals surface area contributed by atoms with Crippen molar-refractivity contribution < 1.29 is 32.6 Å². The van der Waals surface area contributed by atoms with Gasteiger partial charge in [0.15, 0.2) is 6.61 Å². The van der Waals surface area contributed by atoms with Crippen LogP contribution in [0.4, 0.5) is 18.9 Å². The fourth-order valence-electron chi connectivity index (χ4n) is 2.87. The lowest BCUT2D eigenvalue weighted by molar-refractivity contribution is -0.144. The second kappa shape index (κ2) is 7.18. The van der Waals surface area contributed by atoms with E-state index in [1.165, 1.54) is 18.2 Å². The zero-order valence-electron chi connectivity index (χ0n) is 13.9.